The normalized spacial score (nSPS) is 10.5. The van der Waals surface area contributed by atoms with Crippen LogP contribution in [-0.4, -0.2) is 9.97 Å². The minimum Gasteiger partial charge on any atom is -0.364 e. The van der Waals surface area contributed by atoms with Crippen LogP contribution >= 0.6 is 33.9 Å². The zero-order chi connectivity index (χ0) is 12.3. The van der Waals surface area contributed by atoms with Gasteiger partial charge in [-0.15, -0.1) is 11.3 Å². The Labute approximate surface area is 117 Å². The van der Waals surface area contributed by atoms with Gasteiger partial charge in [0.2, 0.25) is 0 Å². The minimum atomic E-state index is -0.108. The van der Waals surface area contributed by atoms with Crippen molar-refractivity contribution in [1.82, 2.24) is 9.97 Å². The highest BCUT2D eigenvalue weighted by Crippen LogP contribution is 2.18. The molecule has 0 aliphatic carbocycles. The van der Waals surface area contributed by atoms with Crippen LogP contribution in [0.1, 0.15) is 16.7 Å². The van der Waals surface area contributed by atoms with Crippen molar-refractivity contribution < 1.29 is 0 Å². The second-order valence-electron chi connectivity index (χ2n) is 3.47. The molecule has 0 saturated heterocycles. The van der Waals surface area contributed by atoms with Crippen LogP contribution in [-0.2, 0) is 13.0 Å². The highest BCUT2D eigenvalue weighted by atomic mass is 127. The summed E-state index contributed by atoms with van der Waals surface area (Å²) in [5.41, 5.74) is -0.108. The van der Waals surface area contributed by atoms with Crippen molar-refractivity contribution in [1.29, 1.82) is 0 Å². The summed E-state index contributed by atoms with van der Waals surface area (Å²) in [6.45, 7) is 2.85. The van der Waals surface area contributed by atoms with Gasteiger partial charge in [0.05, 0.1) is 12.9 Å². The first-order chi connectivity index (χ1) is 8.20. The van der Waals surface area contributed by atoms with Crippen molar-refractivity contribution >= 4 is 39.7 Å². The van der Waals surface area contributed by atoms with Gasteiger partial charge in [0.1, 0.15) is 9.39 Å². The summed E-state index contributed by atoms with van der Waals surface area (Å²) < 4.78 is 0.595. The number of hydrogen-bond donors (Lipinski definition) is 2. The maximum atomic E-state index is 11.4. The van der Waals surface area contributed by atoms with Crippen LogP contribution in [0.2, 0.25) is 0 Å². The minimum absolute atomic E-state index is 0.108. The first kappa shape index (κ1) is 12.6. The van der Waals surface area contributed by atoms with E-state index in [1.54, 1.807) is 11.3 Å². The molecule has 2 aromatic rings. The zero-order valence-corrected chi connectivity index (χ0v) is 12.3. The lowest BCUT2D eigenvalue weighted by atomic mass is 10.3. The number of nitrogens with zero attached hydrogens (tertiary/aromatic N) is 1. The number of hydrogen-bond acceptors (Lipinski definition) is 4. The monoisotopic (exact) mass is 361 g/mol. The molecule has 90 valence electrons. The first-order valence-corrected chi connectivity index (χ1v) is 7.15. The molecule has 0 aliphatic rings. The van der Waals surface area contributed by atoms with Gasteiger partial charge in [-0.1, -0.05) is 6.92 Å². The fraction of sp³-hybridized carbons (Fsp3) is 0.273. The van der Waals surface area contributed by atoms with E-state index < -0.39 is 0 Å². The van der Waals surface area contributed by atoms with Gasteiger partial charge in [0.25, 0.3) is 5.56 Å². The number of aromatic nitrogens is 2. The lowest BCUT2D eigenvalue weighted by Gasteiger charge is -2.04. The molecule has 0 spiro atoms. The van der Waals surface area contributed by atoms with E-state index in [1.165, 1.54) is 16.1 Å². The summed E-state index contributed by atoms with van der Waals surface area (Å²) in [4.78, 5) is 20.6. The first-order valence-electron chi connectivity index (χ1n) is 5.25. The number of thiophene rings is 1. The van der Waals surface area contributed by atoms with Crippen molar-refractivity contribution in [3.05, 3.63) is 42.1 Å². The van der Waals surface area contributed by atoms with Crippen molar-refractivity contribution in [2.24, 2.45) is 0 Å². The lowest BCUT2D eigenvalue weighted by molar-refractivity contribution is 1.06. The smallest absolute Gasteiger partial charge is 0.266 e. The van der Waals surface area contributed by atoms with Crippen LogP contribution < -0.4 is 10.9 Å². The molecule has 2 rings (SSSR count). The maximum Gasteiger partial charge on any atom is 0.266 e. The second kappa shape index (κ2) is 5.63. The summed E-state index contributed by atoms with van der Waals surface area (Å²) in [5.74, 6) is 0.640. The molecule has 4 nitrogen and oxygen atoms in total. The third kappa shape index (κ3) is 3.06. The number of aryl methyl sites for hydroxylation is 1. The van der Waals surface area contributed by atoms with Crippen molar-refractivity contribution in [3.63, 3.8) is 0 Å². The number of halogens is 1. The summed E-state index contributed by atoms with van der Waals surface area (Å²) >= 11 is 3.78. The van der Waals surface area contributed by atoms with Gasteiger partial charge in [0.15, 0.2) is 0 Å². The fourth-order valence-electron chi connectivity index (χ4n) is 1.38. The molecule has 2 aromatic heterocycles. The number of rotatable bonds is 4. The quantitative estimate of drug-likeness (QED) is 0.824. The van der Waals surface area contributed by atoms with E-state index in [-0.39, 0.29) is 5.56 Å². The highest BCUT2D eigenvalue weighted by molar-refractivity contribution is 14.1. The molecule has 17 heavy (non-hydrogen) atoms. The third-order valence-corrected chi connectivity index (χ3v) is 4.52. The van der Waals surface area contributed by atoms with Gasteiger partial charge in [-0.25, -0.2) is 4.98 Å². The lowest BCUT2D eigenvalue weighted by Crippen LogP contribution is -2.14. The van der Waals surface area contributed by atoms with Crippen molar-refractivity contribution in [3.8, 4) is 0 Å². The van der Waals surface area contributed by atoms with Gasteiger partial charge >= 0.3 is 0 Å². The van der Waals surface area contributed by atoms with Gasteiger partial charge in [-0.05, 0) is 41.1 Å². The van der Waals surface area contributed by atoms with Gasteiger partial charge < -0.3 is 10.3 Å². The Hall–Kier alpha value is -0.890. The molecular weight excluding hydrogens is 349 g/mol. The Bertz CT molecular complexity index is 564. The number of anilines is 1. The van der Waals surface area contributed by atoms with Gasteiger partial charge in [0, 0.05) is 9.75 Å². The van der Waals surface area contributed by atoms with E-state index in [1.807, 2.05) is 22.6 Å². The average molecular weight is 361 g/mol. The van der Waals surface area contributed by atoms with Crippen LogP contribution in [0.25, 0.3) is 0 Å². The summed E-state index contributed by atoms with van der Waals surface area (Å²) in [6.07, 6.45) is 2.48. The summed E-state index contributed by atoms with van der Waals surface area (Å²) in [6, 6.07) is 4.24. The molecule has 0 saturated carbocycles. The van der Waals surface area contributed by atoms with Crippen LogP contribution in [0.4, 0.5) is 5.82 Å². The van der Waals surface area contributed by atoms with E-state index >= 15 is 0 Å². The van der Waals surface area contributed by atoms with Crippen molar-refractivity contribution in [2.45, 2.75) is 19.9 Å². The molecule has 0 aromatic carbocycles. The van der Waals surface area contributed by atoms with Crippen LogP contribution in [0.3, 0.4) is 0 Å². The zero-order valence-electron chi connectivity index (χ0n) is 9.29. The van der Waals surface area contributed by atoms with Crippen LogP contribution in [0.15, 0.2) is 23.3 Å². The molecule has 0 bridgehead atoms. The van der Waals surface area contributed by atoms with Crippen LogP contribution in [0, 0.1) is 3.57 Å². The van der Waals surface area contributed by atoms with E-state index in [2.05, 4.69) is 34.3 Å². The molecule has 0 aliphatic heterocycles. The second-order valence-corrected chi connectivity index (χ2v) is 5.80. The number of aromatic amines is 1. The van der Waals surface area contributed by atoms with Gasteiger partial charge in [-0.2, -0.15) is 0 Å². The van der Waals surface area contributed by atoms with Crippen molar-refractivity contribution in [2.75, 3.05) is 5.32 Å². The SMILES string of the molecule is CCc1ccc(CNc2nc[nH]c(=O)c2I)s1. The standard InChI is InChI=1S/C11H12IN3OS/c1-2-7-3-4-8(17-7)5-13-10-9(12)11(16)15-6-14-10/h3-4,6H,2,5H2,1H3,(H2,13,14,15,16). The average Bonchev–Trinajstić information content (AvgIpc) is 2.79. The predicted octanol–water partition coefficient (Wildman–Crippen LogP) is 2.61. The molecular formula is C11H12IN3OS. The van der Waals surface area contributed by atoms with Gasteiger partial charge in [-0.3, -0.25) is 4.79 Å². The van der Waals surface area contributed by atoms with Crippen LogP contribution in [0.5, 0.6) is 0 Å². The molecule has 0 fully saturated rings. The number of H-pyrrole nitrogens is 1. The largest absolute Gasteiger partial charge is 0.364 e. The predicted molar refractivity (Wildman–Crippen MR) is 78.6 cm³/mol. The van der Waals surface area contributed by atoms with E-state index in [4.69, 9.17) is 0 Å². The molecule has 0 atom stereocenters. The summed E-state index contributed by atoms with van der Waals surface area (Å²) in [5, 5.41) is 3.18. The molecule has 2 heterocycles. The molecule has 0 amide bonds. The Morgan fingerprint density at radius 2 is 2.24 bits per heavy atom. The Balaban J connectivity index is 2.07. The third-order valence-electron chi connectivity index (χ3n) is 2.29. The Kier molecular flexibility index (Phi) is 4.16. The Morgan fingerprint density at radius 1 is 1.47 bits per heavy atom. The van der Waals surface area contributed by atoms with E-state index in [9.17, 15) is 4.79 Å². The fourth-order valence-corrected chi connectivity index (χ4v) is 2.77. The van der Waals surface area contributed by atoms with E-state index in [0.29, 0.717) is 15.9 Å². The molecule has 2 N–H and O–H groups in total. The van der Waals surface area contributed by atoms with E-state index in [0.717, 1.165) is 6.42 Å². The molecule has 0 unspecified atom stereocenters. The summed E-state index contributed by atoms with van der Waals surface area (Å²) in [7, 11) is 0. The molecule has 0 radical (unpaired) electrons. The maximum absolute atomic E-state index is 11.4. The Morgan fingerprint density at radius 3 is 2.94 bits per heavy atom. The topological polar surface area (TPSA) is 57.8 Å². The highest BCUT2D eigenvalue weighted by Gasteiger charge is 2.05. The molecule has 6 heteroatoms. The number of nitrogens with one attached hydrogen (secondary N) is 2.